The van der Waals surface area contributed by atoms with Gasteiger partial charge in [0.2, 0.25) is 0 Å². The average molecular weight is 280 g/mol. The van der Waals surface area contributed by atoms with Crippen LogP contribution in [0.25, 0.3) is 0 Å². The van der Waals surface area contributed by atoms with E-state index in [1.54, 1.807) is 0 Å². The Bertz CT molecular complexity index is 312. The van der Waals surface area contributed by atoms with Crippen molar-refractivity contribution in [1.29, 1.82) is 0 Å². The quantitative estimate of drug-likeness (QED) is 0.857. The van der Waals surface area contributed by atoms with E-state index in [-0.39, 0.29) is 5.60 Å². The number of ether oxygens (including phenoxy) is 1. The first-order chi connectivity index (χ1) is 9.67. The summed E-state index contributed by atoms with van der Waals surface area (Å²) in [6, 6.07) is 1.42. The van der Waals surface area contributed by atoms with Gasteiger partial charge in [-0.25, -0.2) is 0 Å². The van der Waals surface area contributed by atoms with Gasteiger partial charge in [-0.15, -0.1) is 0 Å². The highest BCUT2D eigenvalue weighted by atomic mass is 16.5. The van der Waals surface area contributed by atoms with Crippen molar-refractivity contribution in [3.05, 3.63) is 0 Å². The van der Waals surface area contributed by atoms with E-state index in [1.807, 2.05) is 0 Å². The summed E-state index contributed by atoms with van der Waals surface area (Å²) in [5.41, 5.74) is 0.259. The number of hydrogen-bond acceptors (Lipinski definition) is 3. The number of likely N-dealkylation sites (tertiary alicyclic amines) is 1. The highest BCUT2D eigenvalue weighted by molar-refractivity contribution is 4.94. The molecule has 3 nitrogen and oxygen atoms in total. The van der Waals surface area contributed by atoms with Crippen LogP contribution >= 0.6 is 0 Å². The van der Waals surface area contributed by atoms with Crippen molar-refractivity contribution in [3.63, 3.8) is 0 Å². The van der Waals surface area contributed by atoms with Crippen LogP contribution in [-0.2, 0) is 4.74 Å². The maximum Gasteiger partial charge on any atom is 0.0697 e. The van der Waals surface area contributed by atoms with Crippen molar-refractivity contribution in [2.45, 2.75) is 76.5 Å². The highest BCUT2D eigenvalue weighted by Gasteiger charge is 2.39. The zero-order valence-corrected chi connectivity index (χ0v) is 13.4. The first-order valence-corrected chi connectivity index (χ1v) is 8.78. The molecule has 1 N–H and O–H groups in total. The lowest BCUT2D eigenvalue weighted by Gasteiger charge is -2.39. The van der Waals surface area contributed by atoms with E-state index in [0.29, 0.717) is 12.1 Å². The number of rotatable bonds is 4. The Kier molecular flexibility index (Phi) is 4.68. The van der Waals surface area contributed by atoms with E-state index in [0.717, 1.165) is 12.5 Å². The van der Waals surface area contributed by atoms with E-state index in [1.165, 1.54) is 64.6 Å². The molecule has 0 amide bonds. The van der Waals surface area contributed by atoms with Crippen LogP contribution in [0, 0.1) is 5.92 Å². The molecule has 2 aliphatic heterocycles. The molecule has 3 aliphatic rings. The minimum atomic E-state index is 0.259. The summed E-state index contributed by atoms with van der Waals surface area (Å²) >= 11 is 0. The van der Waals surface area contributed by atoms with Crippen molar-refractivity contribution in [3.8, 4) is 0 Å². The molecule has 1 saturated carbocycles. The summed E-state index contributed by atoms with van der Waals surface area (Å²) in [7, 11) is 0. The predicted octanol–water partition coefficient (Wildman–Crippen LogP) is 2.80. The maximum atomic E-state index is 6.13. The van der Waals surface area contributed by atoms with Gasteiger partial charge >= 0.3 is 0 Å². The standard InChI is InChI=1S/C17H32N2O/c1-14(2)19-9-5-15(13-19)12-18-16-6-10-20-17(11-16)7-3-4-8-17/h14-16,18H,3-13H2,1-2H3. The predicted molar refractivity (Wildman–Crippen MR) is 83.0 cm³/mol. The van der Waals surface area contributed by atoms with E-state index in [4.69, 9.17) is 4.74 Å². The van der Waals surface area contributed by atoms with Gasteiger partial charge in [0.1, 0.15) is 0 Å². The Morgan fingerprint density at radius 2 is 2.05 bits per heavy atom. The third-order valence-corrected chi connectivity index (χ3v) is 5.75. The van der Waals surface area contributed by atoms with Gasteiger partial charge in [0.05, 0.1) is 5.60 Å². The lowest BCUT2D eigenvalue weighted by atomic mass is 9.88. The van der Waals surface area contributed by atoms with Gasteiger partial charge in [-0.2, -0.15) is 0 Å². The molecule has 1 aliphatic carbocycles. The fourth-order valence-electron chi connectivity index (χ4n) is 4.40. The second-order valence-electron chi connectivity index (χ2n) is 7.58. The van der Waals surface area contributed by atoms with Crippen LogP contribution < -0.4 is 5.32 Å². The zero-order valence-electron chi connectivity index (χ0n) is 13.4. The second-order valence-corrected chi connectivity index (χ2v) is 7.58. The number of nitrogens with zero attached hydrogens (tertiary/aromatic N) is 1. The zero-order chi connectivity index (χ0) is 14.0. The van der Waals surface area contributed by atoms with Gasteiger partial charge in [0.25, 0.3) is 0 Å². The largest absolute Gasteiger partial charge is 0.375 e. The van der Waals surface area contributed by atoms with Crippen molar-refractivity contribution >= 4 is 0 Å². The Morgan fingerprint density at radius 1 is 1.25 bits per heavy atom. The van der Waals surface area contributed by atoms with Crippen LogP contribution in [-0.4, -0.2) is 48.8 Å². The Balaban J connectivity index is 1.42. The smallest absolute Gasteiger partial charge is 0.0697 e. The Labute approximate surface area is 124 Å². The van der Waals surface area contributed by atoms with Crippen LogP contribution in [0.4, 0.5) is 0 Å². The lowest BCUT2D eigenvalue weighted by molar-refractivity contribution is -0.0838. The molecule has 0 aromatic carbocycles. The molecule has 2 unspecified atom stereocenters. The molecule has 116 valence electrons. The molecular formula is C17H32N2O. The van der Waals surface area contributed by atoms with Crippen LogP contribution in [0.5, 0.6) is 0 Å². The fraction of sp³-hybridized carbons (Fsp3) is 1.00. The van der Waals surface area contributed by atoms with E-state index >= 15 is 0 Å². The first kappa shape index (κ1) is 14.8. The van der Waals surface area contributed by atoms with Gasteiger partial charge < -0.3 is 15.0 Å². The molecule has 3 fully saturated rings. The molecular weight excluding hydrogens is 248 g/mol. The van der Waals surface area contributed by atoms with Crippen LogP contribution in [0.2, 0.25) is 0 Å². The van der Waals surface area contributed by atoms with Gasteiger partial charge in [0.15, 0.2) is 0 Å². The topological polar surface area (TPSA) is 24.5 Å². The summed E-state index contributed by atoms with van der Waals surface area (Å²) in [5.74, 6) is 0.861. The molecule has 0 radical (unpaired) electrons. The molecule has 2 saturated heterocycles. The molecule has 0 bridgehead atoms. The summed E-state index contributed by atoms with van der Waals surface area (Å²) < 4.78 is 6.13. The maximum absolute atomic E-state index is 6.13. The van der Waals surface area contributed by atoms with Crippen LogP contribution in [0.1, 0.15) is 58.8 Å². The van der Waals surface area contributed by atoms with Gasteiger partial charge in [-0.1, -0.05) is 12.8 Å². The SMILES string of the molecule is CC(C)N1CCC(CNC2CCOC3(CCCC3)C2)C1. The average Bonchev–Trinajstić information content (AvgIpc) is 3.06. The molecule has 2 heterocycles. The molecule has 0 aromatic heterocycles. The van der Waals surface area contributed by atoms with Gasteiger partial charge in [-0.3, -0.25) is 0 Å². The minimum absolute atomic E-state index is 0.259. The summed E-state index contributed by atoms with van der Waals surface area (Å²) in [6.45, 7) is 9.40. The van der Waals surface area contributed by atoms with E-state index in [2.05, 4.69) is 24.1 Å². The van der Waals surface area contributed by atoms with Gasteiger partial charge in [0, 0.05) is 25.2 Å². The Morgan fingerprint density at radius 3 is 2.75 bits per heavy atom. The third-order valence-electron chi connectivity index (χ3n) is 5.75. The Hall–Kier alpha value is -0.120. The van der Waals surface area contributed by atoms with Gasteiger partial charge in [-0.05, 0) is 65.0 Å². The third kappa shape index (κ3) is 3.37. The minimum Gasteiger partial charge on any atom is -0.375 e. The fourth-order valence-corrected chi connectivity index (χ4v) is 4.40. The number of hydrogen-bond donors (Lipinski definition) is 1. The summed E-state index contributed by atoms with van der Waals surface area (Å²) in [4.78, 5) is 2.62. The van der Waals surface area contributed by atoms with Crippen LogP contribution in [0.3, 0.4) is 0 Å². The molecule has 3 rings (SSSR count). The molecule has 20 heavy (non-hydrogen) atoms. The molecule has 1 spiro atoms. The first-order valence-electron chi connectivity index (χ1n) is 8.78. The van der Waals surface area contributed by atoms with Crippen molar-refractivity contribution in [2.75, 3.05) is 26.2 Å². The molecule has 2 atom stereocenters. The highest BCUT2D eigenvalue weighted by Crippen LogP contribution is 2.40. The molecule has 0 aromatic rings. The van der Waals surface area contributed by atoms with Crippen LogP contribution in [0.15, 0.2) is 0 Å². The van der Waals surface area contributed by atoms with Crippen molar-refractivity contribution in [1.82, 2.24) is 10.2 Å². The lowest BCUT2D eigenvalue weighted by Crippen LogP contribution is -2.46. The monoisotopic (exact) mass is 280 g/mol. The van der Waals surface area contributed by atoms with Crippen molar-refractivity contribution in [2.24, 2.45) is 5.92 Å². The summed E-state index contributed by atoms with van der Waals surface area (Å²) in [6.07, 6.45) is 9.19. The molecule has 3 heteroatoms. The van der Waals surface area contributed by atoms with E-state index in [9.17, 15) is 0 Å². The van der Waals surface area contributed by atoms with E-state index < -0.39 is 0 Å². The van der Waals surface area contributed by atoms with Crippen molar-refractivity contribution < 1.29 is 4.74 Å². The summed E-state index contributed by atoms with van der Waals surface area (Å²) in [5, 5.41) is 3.87. The number of nitrogens with one attached hydrogen (secondary N) is 1. The second kappa shape index (κ2) is 6.33. The normalized spacial score (nSPS) is 34.4.